The molecule has 1 aromatic carbocycles. The Morgan fingerprint density at radius 3 is 2.71 bits per heavy atom. The van der Waals surface area contributed by atoms with E-state index in [9.17, 15) is 26.4 Å². The lowest BCUT2D eigenvalue weighted by atomic mass is 10.2. The molecule has 1 aromatic heterocycles. The third-order valence-electron chi connectivity index (χ3n) is 4.20. The first-order valence-corrected chi connectivity index (χ1v) is 12.4. The molecule has 0 fully saturated rings. The van der Waals surface area contributed by atoms with Crippen molar-refractivity contribution in [1.29, 1.82) is 0 Å². The summed E-state index contributed by atoms with van der Waals surface area (Å²) in [4.78, 5) is 11.8. The summed E-state index contributed by atoms with van der Waals surface area (Å²) < 4.78 is 68.3. The molecule has 1 unspecified atom stereocenters. The number of hydrogen-bond donors (Lipinski definition) is 2. The summed E-state index contributed by atoms with van der Waals surface area (Å²) in [5, 5.41) is 6.32. The Labute approximate surface area is 187 Å². The summed E-state index contributed by atoms with van der Waals surface area (Å²) in [5.74, 6) is -0.106. The number of aromatic nitrogens is 2. The minimum atomic E-state index is -4.74. The van der Waals surface area contributed by atoms with Crippen LogP contribution in [0, 0.1) is 0 Å². The quantitative estimate of drug-likeness (QED) is 0.464. The maximum absolute atomic E-state index is 13.0. The van der Waals surface area contributed by atoms with Gasteiger partial charge < -0.3 is 5.32 Å². The molecule has 7 nitrogen and oxygen atoms in total. The van der Waals surface area contributed by atoms with Gasteiger partial charge in [0.1, 0.15) is 10.9 Å². The number of amides is 1. The second kappa shape index (κ2) is 11.2. The number of nitrogens with one attached hydrogen (secondary N) is 2. The summed E-state index contributed by atoms with van der Waals surface area (Å²) in [6.45, 7) is 0.842. The minimum absolute atomic E-state index is 0.155. The van der Waals surface area contributed by atoms with Gasteiger partial charge >= 0.3 is 6.18 Å². The molecule has 13 heteroatoms. The molecule has 0 spiro atoms. The van der Waals surface area contributed by atoms with Crippen LogP contribution in [0.2, 0.25) is 5.02 Å². The Kier molecular flexibility index (Phi) is 9.22. The summed E-state index contributed by atoms with van der Waals surface area (Å²) in [6.07, 6.45) is 1.17. The van der Waals surface area contributed by atoms with Gasteiger partial charge in [-0.05, 0) is 49.1 Å². The van der Waals surface area contributed by atoms with Gasteiger partial charge in [0, 0.05) is 25.5 Å². The average molecular weight is 499 g/mol. The molecule has 1 amide bonds. The van der Waals surface area contributed by atoms with E-state index in [1.54, 1.807) is 29.4 Å². The summed E-state index contributed by atoms with van der Waals surface area (Å²) >= 11 is 7.25. The predicted octanol–water partition coefficient (Wildman–Crippen LogP) is 3.16. The first kappa shape index (κ1) is 25.5. The normalized spacial score (nSPS) is 13.2. The van der Waals surface area contributed by atoms with Crippen molar-refractivity contribution in [3.05, 3.63) is 47.2 Å². The average Bonchev–Trinajstić information content (AvgIpc) is 3.21. The lowest BCUT2D eigenvalue weighted by molar-refractivity contribution is -0.137. The molecular weight excluding hydrogens is 477 g/mol. The van der Waals surface area contributed by atoms with Crippen molar-refractivity contribution in [3.63, 3.8) is 0 Å². The van der Waals surface area contributed by atoms with Gasteiger partial charge in [0.25, 0.3) is 0 Å². The Bertz CT molecular complexity index is 970. The molecule has 0 aliphatic heterocycles. The fraction of sp³-hybridized carbons (Fsp3) is 0.444. The number of thioether (sulfide) groups is 1. The molecule has 2 aromatic rings. The van der Waals surface area contributed by atoms with Crippen LogP contribution in [0.15, 0.2) is 41.6 Å². The third-order valence-corrected chi connectivity index (χ3v) is 6.79. The molecule has 31 heavy (non-hydrogen) atoms. The minimum Gasteiger partial charge on any atom is -0.355 e. The lowest BCUT2D eigenvalue weighted by Crippen LogP contribution is -2.47. The number of rotatable bonds is 11. The zero-order valence-corrected chi connectivity index (χ0v) is 18.9. The Balaban J connectivity index is 2.10. The van der Waals surface area contributed by atoms with E-state index in [2.05, 4.69) is 15.1 Å². The monoisotopic (exact) mass is 498 g/mol. The van der Waals surface area contributed by atoms with Crippen molar-refractivity contribution in [1.82, 2.24) is 19.8 Å². The van der Waals surface area contributed by atoms with Crippen LogP contribution >= 0.6 is 23.4 Å². The molecule has 0 aliphatic rings. The van der Waals surface area contributed by atoms with Crippen molar-refractivity contribution in [2.45, 2.75) is 36.5 Å². The Morgan fingerprint density at radius 2 is 2.10 bits per heavy atom. The van der Waals surface area contributed by atoms with E-state index in [-0.39, 0.29) is 18.0 Å². The van der Waals surface area contributed by atoms with E-state index in [1.807, 2.05) is 0 Å². The number of aryl methyl sites for hydroxylation is 1. The van der Waals surface area contributed by atoms with Gasteiger partial charge in [-0.1, -0.05) is 11.6 Å². The standard InChI is InChI=1S/C18H22ClF3N4O3S2/c1-30-11-6-15(17(27)23-7-2-9-26-10-3-8-24-26)25-31(28,29)16-12-13(18(20,21)22)4-5-14(16)19/h3-5,8,10,12,15,25H,2,6-7,9,11H2,1H3,(H,23,27). The van der Waals surface area contributed by atoms with E-state index < -0.39 is 38.6 Å². The number of alkyl halides is 3. The molecule has 0 bridgehead atoms. The first-order valence-electron chi connectivity index (χ1n) is 9.18. The van der Waals surface area contributed by atoms with Gasteiger partial charge in [0.05, 0.1) is 10.6 Å². The van der Waals surface area contributed by atoms with E-state index >= 15 is 0 Å². The van der Waals surface area contributed by atoms with Crippen LogP contribution in [0.1, 0.15) is 18.4 Å². The molecule has 0 radical (unpaired) electrons. The van der Waals surface area contributed by atoms with Crippen LogP contribution in [0.4, 0.5) is 13.2 Å². The van der Waals surface area contributed by atoms with Crippen LogP contribution < -0.4 is 10.0 Å². The maximum Gasteiger partial charge on any atom is 0.416 e. The smallest absolute Gasteiger partial charge is 0.355 e. The summed E-state index contributed by atoms with van der Waals surface area (Å²) in [7, 11) is -4.48. The fourth-order valence-corrected chi connectivity index (χ4v) is 4.85. The molecule has 2 rings (SSSR count). The predicted molar refractivity (Wildman–Crippen MR) is 113 cm³/mol. The van der Waals surface area contributed by atoms with Crippen molar-refractivity contribution in [2.24, 2.45) is 0 Å². The van der Waals surface area contributed by atoms with Crippen molar-refractivity contribution < 1.29 is 26.4 Å². The van der Waals surface area contributed by atoms with Gasteiger partial charge in [-0.2, -0.15) is 34.8 Å². The molecule has 1 heterocycles. The van der Waals surface area contributed by atoms with Crippen LogP contribution in [-0.2, 0) is 27.5 Å². The number of sulfonamides is 1. The Morgan fingerprint density at radius 1 is 1.35 bits per heavy atom. The number of carbonyl (C=O) groups is 1. The van der Waals surface area contributed by atoms with Crippen LogP contribution in [0.3, 0.4) is 0 Å². The largest absolute Gasteiger partial charge is 0.416 e. The topological polar surface area (TPSA) is 93.1 Å². The highest BCUT2D eigenvalue weighted by molar-refractivity contribution is 7.98. The zero-order chi connectivity index (χ0) is 23.1. The van der Waals surface area contributed by atoms with E-state index in [4.69, 9.17) is 11.6 Å². The number of carbonyl (C=O) groups excluding carboxylic acids is 1. The van der Waals surface area contributed by atoms with Crippen molar-refractivity contribution in [2.75, 3.05) is 18.6 Å². The maximum atomic E-state index is 13.0. The number of hydrogen-bond acceptors (Lipinski definition) is 5. The SMILES string of the molecule is CSCCC(NS(=O)(=O)c1cc(C(F)(F)F)ccc1Cl)C(=O)NCCCn1cccn1. The summed E-state index contributed by atoms with van der Waals surface area (Å²) in [6, 6.07) is 2.63. The van der Waals surface area contributed by atoms with Gasteiger partial charge in [0.15, 0.2) is 0 Å². The highest BCUT2D eigenvalue weighted by Crippen LogP contribution is 2.33. The van der Waals surface area contributed by atoms with Gasteiger partial charge in [-0.3, -0.25) is 9.48 Å². The van der Waals surface area contributed by atoms with Crippen LogP contribution in [0.5, 0.6) is 0 Å². The fourth-order valence-electron chi connectivity index (χ4n) is 2.62. The van der Waals surface area contributed by atoms with Crippen LogP contribution in [0.25, 0.3) is 0 Å². The second-order valence-corrected chi connectivity index (χ2v) is 9.59. The zero-order valence-electron chi connectivity index (χ0n) is 16.5. The van der Waals surface area contributed by atoms with E-state index in [0.29, 0.717) is 30.9 Å². The van der Waals surface area contributed by atoms with E-state index in [1.165, 1.54) is 11.8 Å². The molecule has 172 valence electrons. The second-order valence-electron chi connectivity index (χ2n) is 6.51. The number of halogens is 4. The van der Waals surface area contributed by atoms with E-state index in [0.717, 1.165) is 6.07 Å². The molecule has 2 N–H and O–H groups in total. The molecule has 0 saturated carbocycles. The lowest BCUT2D eigenvalue weighted by Gasteiger charge is -2.19. The van der Waals surface area contributed by atoms with Gasteiger partial charge in [-0.15, -0.1) is 0 Å². The highest BCUT2D eigenvalue weighted by atomic mass is 35.5. The highest BCUT2D eigenvalue weighted by Gasteiger charge is 2.34. The third kappa shape index (κ3) is 7.70. The van der Waals surface area contributed by atoms with Crippen molar-refractivity contribution >= 4 is 39.3 Å². The first-order chi connectivity index (χ1) is 14.5. The van der Waals surface area contributed by atoms with Crippen molar-refractivity contribution in [3.8, 4) is 0 Å². The van der Waals surface area contributed by atoms with Gasteiger partial charge in [-0.25, -0.2) is 8.42 Å². The van der Waals surface area contributed by atoms with Crippen LogP contribution in [-0.4, -0.2) is 48.7 Å². The molecule has 1 atom stereocenters. The summed E-state index contributed by atoms with van der Waals surface area (Å²) in [5.41, 5.74) is -1.15. The molecular formula is C18H22ClF3N4O3S2. The number of nitrogens with zero attached hydrogens (tertiary/aromatic N) is 2. The molecule has 0 saturated heterocycles. The van der Waals surface area contributed by atoms with Gasteiger partial charge in [0.2, 0.25) is 15.9 Å². The Hall–Kier alpha value is -1.76. The number of benzene rings is 1. The molecule has 0 aliphatic carbocycles.